The van der Waals surface area contributed by atoms with E-state index in [0.717, 1.165) is 16.9 Å². The first-order valence-corrected chi connectivity index (χ1v) is 7.42. The van der Waals surface area contributed by atoms with Crippen molar-refractivity contribution in [3.63, 3.8) is 0 Å². The summed E-state index contributed by atoms with van der Waals surface area (Å²) in [7, 11) is 0. The molecule has 1 fully saturated rings. The number of carbonyl (C=O) groups excluding carboxylic acids is 1. The van der Waals surface area contributed by atoms with Gasteiger partial charge in [0.25, 0.3) is 0 Å². The van der Waals surface area contributed by atoms with Crippen LogP contribution in [0.2, 0.25) is 0 Å². The van der Waals surface area contributed by atoms with E-state index >= 15 is 0 Å². The number of urea groups is 1. The minimum Gasteiger partial charge on any atom is -0.376 e. The predicted molar refractivity (Wildman–Crippen MR) is 83.7 cm³/mol. The van der Waals surface area contributed by atoms with Crippen LogP contribution < -0.4 is 10.6 Å². The molecule has 0 saturated carbocycles. The van der Waals surface area contributed by atoms with Crippen molar-refractivity contribution >= 4 is 11.7 Å². The van der Waals surface area contributed by atoms with Crippen LogP contribution in [0.1, 0.15) is 5.56 Å². The molecule has 2 aromatic rings. The lowest BCUT2D eigenvalue weighted by Crippen LogP contribution is -2.41. The van der Waals surface area contributed by atoms with E-state index in [9.17, 15) is 4.79 Å². The van der Waals surface area contributed by atoms with Crippen LogP contribution in [0.25, 0.3) is 5.69 Å². The van der Waals surface area contributed by atoms with E-state index in [1.807, 2.05) is 25.1 Å². The number of amides is 2. The number of aromatic nitrogens is 3. The SMILES string of the molecule is Cc1ccc(-n2cnnc2)cc1NC(=O)NC[C@@H]1COCCO1. The molecule has 2 N–H and O–H groups in total. The fourth-order valence-electron chi connectivity index (χ4n) is 2.27. The molecule has 1 atom stereocenters. The van der Waals surface area contributed by atoms with Gasteiger partial charge in [0.05, 0.1) is 31.6 Å². The Morgan fingerprint density at radius 2 is 2.17 bits per heavy atom. The average Bonchev–Trinajstić information content (AvgIpc) is 3.10. The number of nitrogens with one attached hydrogen (secondary N) is 2. The van der Waals surface area contributed by atoms with E-state index in [1.54, 1.807) is 17.2 Å². The first-order chi connectivity index (χ1) is 11.2. The third-order valence-corrected chi connectivity index (χ3v) is 3.56. The van der Waals surface area contributed by atoms with E-state index in [2.05, 4.69) is 20.8 Å². The molecule has 2 heterocycles. The van der Waals surface area contributed by atoms with Gasteiger partial charge >= 0.3 is 6.03 Å². The van der Waals surface area contributed by atoms with Gasteiger partial charge in [-0.25, -0.2) is 4.79 Å². The maximum Gasteiger partial charge on any atom is 0.319 e. The van der Waals surface area contributed by atoms with Crippen LogP contribution >= 0.6 is 0 Å². The Balaban J connectivity index is 1.60. The molecule has 8 heteroatoms. The number of hydrogen-bond acceptors (Lipinski definition) is 5. The molecule has 0 radical (unpaired) electrons. The van der Waals surface area contributed by atoms with E-state index in [1.165, 1.54) is 0 Å². The molecule has 1 saturated heterocycles. The van der Waals surface area contributed by atoms with Gasteiger partial charge in [0.2, 0.25) is 0 Å². The Hall–Kier alpha value is -2.45. The van der Waals surface area contributed by atoms with Gasteiger partial charge in [-0.1, -0.05) is 6.07 Å². The van der Waals surface area contributed by atoms with Gasteiger partial charge in [-0.05, 0) is 24.6 Å². The smallest absolute Gasteiger partial charge is 0.319 e. The molecule has 8 nitrogen and oxygen atoms in total. The van der Waals surface area contributed by atoms with Gasteiger partial charge < -0.3 is 20.1 Å². The molecular formula is C15H19N5O3. The first kappa shape index (κ1) is 15.4. The van der Waals surface area contributed by atoms with Crippen molar-refractivity contribution in [2.75, 3.05) is 31.7 Å². The normalized spacial score (nSPS) is 17.7. The summed E-state index contributed by atoms with van der Waals surface area (Å²) in [6.07, 6.45) is 3.11. The number of hydrogen-bond donors (Lipinski definition) is 2. The molecule has 2 amide bonds. The number of anilines is 1. The van der Waals surface area contributed by atoms with E-state index in [-0.39, 0.29) is 12.1 Å². The zero-order valence-corrected chi connectivity index (χ0v) is 12.9. The summed E-state index contributed by atoms with van der Waals surface area (Å²) in [6.45, 7) is 4.02. The van der Waals surface area contributed by atoms with Crippen molar-refractivity contribution in [2.24, 2.45) is 0 Å². The maximum atomic E-state index is 12.1. The highest BCUT2D eigenvalue weighted by Crippen LogP contribution is 2.19. The third-order valence-electron chi connectivity index (χ3n) is 3.56. The van der Waals surface area contributed by atoms with Gasteiger partial charge in [-0.2, -0.15) is 0 Å². The highest BCUT2D eigenvalue weighted by atomic mass is 16.6. The Labute approximate surface area is 133 Å². The first-order valence-electron chi connectivity index (χ1n) is 7.42. The molecule has 0 aliphatic carbocycles. The Morgan fingerprint density at radius 3 is 2.91 bits per heavy atom. The summed E-state index contributed by atoms with van der Waals surface area (Å²) in [5.74, 6) is 0. The van der Waals surface area contributed by atoms with E-state index in [4.69, 9.17) is 9.47 Å². The predicted octanol–water partition coefficient (Wildman–Crippen LogP) is 1.11. The van der Waals surface area contributed by atoms with Crippen LogP contribution in [0.5, 0.6) is 0 Å². The summed E-state index contributed by atoms with van der Waals surface area (Å²) in [5.41, 5.74) is 2.57. The van der Waals surface area contributed by atoms with Crippen molar-refractivity contribution in [2.45, 2.75) is 13.0 Å². The largest absolute Gasteiger partial charge is 0.376 e. The van der Waals surface area contributed by atoms with Crippen molar-refractivity contribution in [3.8, 4) is 5.69 Å². The molecule has 23 heavy (non-hydrogen) atoms. The van der Waals surface area contributed by atoms with Crippen molar-refractivity contribution in [1.82, 2.24) is 20.1 Å². The van der Waals surface area contributed by atoms with Crippen LogP contribution in [0.3, 0.4) is 0 Å². The van der Waals surface area contributed by atoms with Gasteiger partial charge in [-0.3, -0.25) is 4.57 Å². The topological polar surface area (TPSA) is 90.3 Å². The third kappa shape index (κ3) is 4.05. The molecule has 1 aromatic heterocycles. The standard InChI is InChI=1S/C15H19N5O3/c1-11-2-3-12(20-9-17-18-10-20)6-14(11)19-15(21)16-7-13-8-22-4-5-23-13/h2-3,6,9-10,13H,4-5,7-8H2,1H3,(H2,16,19,21)/t13-/m1/s1. The maximum absolute atomic E-state index is 12.1. The zero-order valence-electron chi connectivity index (χ0n) is 12.9. The van der Waals surface area contributed by atoms with Gasteiger partial charge in [0.15, 0.2) is 0 Å². The number of ether oxygens (including phenoxy) is 2. The lowest BCUT2D eigenvalue weighted by atomic mass is 10.2. The van der Waals surface area contributed by atoms with Crippen LogP contribution in [0, 0.1) is 6.92 Å². The van der Waals surface area contributed by atoms with Crippen molar-refractivity contribution in [1.29, 1.82) is 0 Å². The second kappa shape index (κ2) is 7.21. The van der Waals surface area contributed by atoms with Crippen LogP contribution in [-0.2, 0) is 9.47 Å². The van der Waals surface area contributed by atoms with E-state index in [0.29, 0.717) is 26.4 Å². The monoisotopic (exact) mass is 317 g/mol. The lowest BCUT2D eigenvalue weighted by Gasteiger charge is -2.23. The highest BCUT2D eigenvalue weighted by molar-refractivity contribution is 5.90. The van der Waals surface area contributed by atoms with Crippen molar-refractivity contribution in [3.05, 3.63) is 36.4 Å². The van der Waals surface area contributed by atoms with Crippen LogP contribution in [0.4, 0.5) is 10.5 Å². The molecule has 0 unspecified atom stereocenters. The number of carbonyl (C=O) groups is 1. The Kier molecular flexibility index (Phi) is 4.84. The fourth-order valence-corrected chi connectivity index (χ4v) is 2.27. The van der Waals surface area contributed by atoms with Gasteiger partial charge in [0.1, 0.15) is 12.7 Å². The average molecular weight is 317 g/mol. The molecule has 3 rings (SSSR count). The number of aryl methyl sites for hydroxylation is 1. The summed E-state index contributed by atoms with van der Waals surface area (Å²) in [6, 6.07) is 5.47. The minimum atomic E-state index is -0.275. The summed E-state index contributed by atoms with van der Waals surface area (Å²) < 4.78 is 12.6. The molecule has 1 aliphatic rings. The molecule has 0 spiro atoms. The lowest BCUT2D eigenvalue weighted by molar-refractivity contribution is -0.0852. The fraction of sp³-hybridized carbons (Fsp3) is 0.400. The number of rotatable bonds is 4. The molecule has 0 bridgehead atoms. The number of nitrogens with zero attached hydrogens (tertiary/aromatic N) is 3. The molecule has 122 valence electrons. The van der Waals surface area contributed by atoms with Gasteiger partial charge in [-0.15, -0.1) is 10.2 Å². The molecular weight excluding hydrogens is 298 g/mol. The summed E-state index contributed by atoms with van der Waals surface area (Å²) in [4.78, 5) is 12.1. The quantitative estimate of drug-likeness (QED) is 0.881. The molecule has 1 aromatic carbocycles. The second-order valence-electron chi connectivity index (χ2n) is 5.27. The summed E-state index contributed by atoms with van der Waals surface area (Å²) in [5, 5.41) is 13.2. The second-order valence-corrected chi connectivity index (χ2v) is 5.27. The molecule has 1 aliphatic heterocycles. The van der Waals surface area contributed by atoms with Crippen LogP contribution in [-0.4, -0.2) is 53.3 Å². The van der Waals surface area contributed by atoms with Crippen LogP contribution in [0.15, 0.2) is 30.9 Å². The Bertz CT molecular complexity index is 653. The van der Waals surface area contributed by atoms with Crippen molar-refractivity contribution < 1.29 is 14.3 Å². The summed E-state index contributed by atoms with van der Waals surface area (Å²) >= 11 is 0. The van der Waals surface area contributed by atoms with E-state index < -0.39 is 0 Å². The van der Waals surface area contributed by atoms with Gasteiger partial charge in [0, 0.05) is 12.2 Å². The minimum absolute atomic E-state index is 0.0982. The zero-order chi connectivity index (χ0) is 16.1. The highest BCUT2D eigenvalue weighted by Gasteiger charge is 2.15. The Morgan fingerprint density at radius 1 is 1.35 bits per heavy atom. The number of benzene rings is 1.